The third-order valence-electron chi connectivity index (χ3n) is 3.25. The molecular weight excluding hydrogens is 279 g/mol. The van der Waals surface area contributed by atoms with Gasteiger partial charge in [-0.2, -0.15) is 5.10 Å². The Hall–Kier alpha value is -2.44. The Kier molecular flexibility index (Phi) is 3.93. The van der Waals surface area contributed by atoms with Crippen molar-refractivity contribution in [2.45, 2.75) is 25.8 Å². The number of carbonyl (C=O) groups excluding carboxylic acids is 1. The lowest BCUT2D eigenvalue weighted by molar-refractivity contribution is -0.142. The van der Waals surface area contributed by atoms with Gasteiger partial charge in [-0.1, -0.05) is 12.1 Å². The number of carboxylic acids is 1. The molecule has 1 aliphatic heterocycles. The van der Waals surface area contributed by atoms with Crippen LogP contribution >= 0.6 is 0 Å². The molecule has 1 aliphatic rings. The van der Waals surface area contributed by atoms with Gasteiger partial charge in [0.05, 0.1) is 12.3 Å². The van der Waals surface area contributed by atoms with Gasteiger partial charge in [-0.25, -0.2) is 19.0 Å². The number of ether oxygens (including phenoxy) is 1. The van der Waals surface area contributed by atoms with Crippen molar-refractivity contribution in [3.05, 3.63) is 30.1 Å². The van der Waals surface area contributed by atoms with E-state index in [1.54, 1.807) is 13.0 Å². The van der Waals surface area contributed by atoms with Gasteiger partial charge in [0.15, 0.2) is 5.54 Å². The average Bonchev–Trinajstić information content (AvgIpc) is 2.79. The van der Waals surface area contributed by atoms with E-state index in [9.17, 15) is 19.1 Å². The lowest BCUT2D eigenvalue weighted by Crippen LogP contribution is -2.47. The standard InChI is InChI=1S/C14H15FN2O4/c1-3-21-12(18)10-8-14(2,13(19)20)17(16-10)11-7-5-4-6-9(11)15/h4-7H,3,8H2,1-2H3,(H,19,20)/t14-/m1/s1. The fourth-order valence-electron chi connectivity index (χ4n) is 2.10. The number of anilines is 1. The van der Waals surface area contributed by atoms with Gasteiger partial charge in [-0.15, -0.1) is 0 Å². The van der Waals surface area contributed by atoms with Crippen molar-refractivity contribution < 1.29 is 23.8 Å². The van der Waals surface area contributed by atoms with Gasteiger partial charge < -0.3 is 9.84 Å². The number of rotatable bonds is 4. The molecule has 0 saturated carbocycles. The van der Waals surface area contributed by atoms with Gasteiger partial charge in [0.1, 0.15) is 11.5 Å². The van der Waals surface area contributed by atoms with Gasteiger partial charge in [-0.05, 0) is 26.0 Å². The predicted octanol–water partition coefficient (Wildman–Crippen LogP) is 1.80. The molecular formula is C14H15FN2O4. The molecule has 1 heterocycles. The van der Waals surface area contributed by atoms with Crippen LogP contribution in [0.1, 0.15) is 20.3 Å². The summed E-state index contributed by atoms with van der Waals surface area (Å²) in [5.41, 5.74) is -1.57. The number of hydrogen-bond donors (Lipinski definition) is 1. The summed E-state index contributed by atoms with van der Waals surface area (Å²) >= 11 is 0. The Morgan fingerprint density at radius 2 is 2.14 bits per heavy atom. The average molecular weight is 294 g/mol. The lowest BCUT2D eigenvalue weighted by Gasteiger charge is -2.30. The Morgan fingerprint density at radius 3 is 2.71 bits per heavy atom. The summed E-state index contributed by atoms with van der Waals surface area (Å²) in [5, 5.41) is 14.4. The molecule has 21 heavy (non-hydrogen) atoms. The first-order valence-electron chi connectivity index (χ1n) is 6.43. The minimum atomic E-state index is -1.54. The molecule has 6 nitrogen and oxygen atoms in total. The third-order valence-corrected chi connectivity index (χ3v) is 3.25. The minimum Gasteiger partial charge on any atom is -0.479 e. The molecule has 1 atom stereocenters. The van der Waals surface area contributed by atoms with Crippen LogP contribution in [0.2, 0.25) is 0 Å². The van der Waals surface area contributed by atoms with E-state index < -0.39 is 23.3 Å². The molecule has 0 aliphatic carbocycles. The van der Waals surface area contributed by atoms with Crippen molar-refractivity contribution in [3.63, 3.8) is 0 Å². The largest absolute Gasteiger partial charge is 0.479 e. The predicted molar refractivity (Wildman–Crippen MR) is 73.6 cm³/mol. The molecule has 0 saturated heterocycles. The van der Waals surface area contributed by atoms with E-state index >= 15 is 0 Å². The molecule has 0 radical (unpaired) electrons. The van der Waals surface area contributed by atoms with Gasteiger partial charge in [0.2, 0.25) is 0 Å². The Bertz CT molecular complexity index is 617. The molecule has 0 amide bonds. The Labute approximate surface area is 120 Å². The molecule has 2 rings (SSSR count). The zero-order valence-corrected chi connectivity index (χ0v) is 11.7. The first-order chi connectivity index (χ1) is 9.90. The van der Waals surface area contributed by atoms with Crippen LogP contribution < -0.4 is 5.01 Å². The highest BCUT2D eigenvalue weighted by Crippen LogP contribution is 2.34. The quantitative estimate of drug-likeness (QED) is 0.857. The fraction of sp³-hybridized carbons (Fsp3) is 0.357. The van der Waals surface area contributed by atoms with Gasteiger partial charge in [0.25, 0.3) is 0 Å². The number of halogens is 1. The topological polar surface area (TPSA) is 79.2 Å². The van der Waals surface area contributed by atoms with Crippen LogP contribution in [0.5, 0.6) is 0 Å². The molecule has 0 unspecified atom stereocenters. The minimum absolute atomic E-state index is 0.00157. The number of esters is 1. The summed E-state index contributed by atoms with van der Waals surface area (Å²) in [6.45, 7) is 3.18. The second kappa shape index (κ2) is 5.51. The molecule has 0 aromatic heterocycles. The van der Waals surface area contributed by atoms with Crippen molar-refractivity contribution in [2.75, 3.05) is 11.6 Å². The van der Waals surface area contributed by atoms with Crippen molar-refractivity contribution in [1.82, 2.24) is 0 Å². The molecule has 7 heteroatoms. The monoisotopic (exact) mass is 294 g/mol. The number of aliphatic carboxylic acids is 1. The van der Waals surface area contributed by atoms with Crippen molar-refractivity contribution in [2.24, 2.45) is 5.10 Å². The summed E-state index contributed by atoms with van der Waals surface area (Å²) in [6, 6.07) is 5.67. The van der Waals surface area contributed by atoms with E-state index in [0.717, 1.165) is 5.01 Å². The number of hydrazone groups is 1. The summed E-state index contributed by atoms with van der Waals surface area (Å²) in [7, 11) is 0. The number of benzene rings is 1. The summed E-state index contributed by atoms with van der Waals surface area (Å²) < 4.78 is 18.7. The summed E-state index contributed by atoms with van der Waals surface area (Å²) in [5.74, 6) is -2.50. The van der Waals surface area contributed by atoms with Gasteiger partial charge in [-0.3, -0.25) is 0 Å². The maximum Gasteiger partial charge on any atom is 0.354 e. The van der Waals surface area contributed by atoms with Crippen molar-refractivity contribution in [3.8, 4) is 0 Å². The van der Waals surface area contributed by atoms with Crippen LogP contribution in [0.15, 0.2) is 29.4 Å². The van der Waals surface area contributed by atoms with Crippen LogP contribution in [0.4, 0.5) is 10.1 Å². The second-order valence-corrected chi connectivity index (χ2v) is 4.79. The zero-order valence-electron chi connectivity index (χ0n) is 11.7. The molecule has 1 aromatic rings. The number of hydrogen-bond acceptors (Lipinski definition) is 5. The van der Waals surface area contributed by atoms with Crippen LogP contribution in [0.3, 0.4) is 0 Å². The molecule has 112 valence electrons. The molecule has 0 bridgehead atoms. The van der Waals surface area contributed by atoms with E-state index in [1.807, 2.05) is 0 Å². The number of carboxylic acid groups (broad SMARTS) is 1. The highest BCUT2D eigenvalue weighted by Gasteiger charge is 2.48. The van der Waals surface area contributed by atoms with E-state index in [0.29, 0.717) is 0 Å². The third kappa shape index (κ3) is 2.58. The Balaban J connectivity index is 2.46. The summed E-state index contributed by atoms with van der Waals surface area (Å²) in [6.07, 6.45) is -0.157. The van der Waals surface area contributed by atoms with Crippen LogP contribution in [0.25, 0.3) is 0 Å². The lowest BCUT2D eigenvalue weighted by atomic mass is 9.95. The molecule has 0 fully saturated rings. The summed E-state index contributed by atoms with van der Waals surface area (Å²) in [4.78, 5) is 23.3. The normalized spacial score (nSPS) is 21.1. The Morgan fingerprint density at radius 1 is 1.48 bits per heavy atom. The number of carbonyl (C=O) groups is 2. The maximum absolute atomic E-state index is 13.9. The van der Waals surface area contributed by atoms with Crippen molar-refractivity contribution >= 4 is 23.3 Å². The SMILES string of the molecule is CCOC(=O)C1=NN(c2ccccc2F)[C@@](C)(C(=O)O)C1. The maximum atomic E-state index is 13.9. The smallest absolute Gasteiger partial charge is 0.354 e. The molecule has 1 N–H and O–H groups in total. The zero-order chi connectivity index (χ0) is 15.6. The van der Waals surface area contributed by atoms with Gasteiger partial charge >= 0.3 is 11.9 Å². The highest BCUT2D eigenvalue weighted by molar-refractivity contribution is 6.38. The highest BCUT2D eigenvalue weighted by atomic mass is 19.1. The first-order valence-corrected chi connectivity index (χ1v) is 6.43. The molecule has 1 aromatic carbocycles. The van der Waals surface area contributed by atoms with Gasteiger partial charge in [0, 0.05) is 6.42 Å². The fourth-order valence-corrected chi connectivity index (χ4v) is 2.10. The van der Waals surface area contributed by atoms with E-state index in [4.69, 9.17) is 4.74 Å². The second-order valence-electron chi connectivity index (χ2n) is 4.79. The first kappa shape index (κ1) is 15.0. The van der Waals surface area contributed by atoms with E-state index in [2.05, 4.69) is 5.10 Å². The number of nitrogens with zero attached hydrogens (tertiary/aromatic N) is 2. The van der Waals surface area contributed by atoms with Crippen LogP contribution in [0, 0.1) is 5.82 Å². The van der Waals surface area contributed by atoms with E-state index in [1.165, 1.54) is 25.1 Å². The van der Waals surface area contributed by atoms with Crippen molar-refractivity contribution in [1.29, 1.82) is 0 Å². The van der Waals surface area contributed by atoms with Crippen LogP contribution in [-0.2, 0) is 14.3 Å². The van der Waals surface area contributed by atoms with E-state index in [-0.39, 0.29) is 24.4 Å². The number of para-hydroxylation sites is 1. The van der Waals surface area contributed by atoms with Crippen LogP contribution in [-0.4, -0.2) is 34.9 Å². The molecule has 0 spiro atoms.